The molecule has 0 bridgehead atoms. The molecule has 2 atom stereocenters. The van der Waals surface area contributed by atoms with Gasteiger partial charge in [-0.3, -0.25) is 14.0 Å². The summed E-state index contributed by atoms with van der Waals surface area (Å²) in [7, 11) is 1.78. The Balaban J connectivity index is 1.45. The van der Waals surface area contributed by atoms with Crippen molar-refractivity contribution in [1.29, 1.82) is 0 Å². The number of fused-ring (bicyclic) bond motifs is 2. The first-order chi connectivity index (χ1) is 18.1. The van der Waals surface area contributed by atoms with Crippen molar-refractivity contribution in [2.24, 2.45) is 12.8 Å². The minimum Gasteiger partial charge on any atom is -0.326 e. The molecule has 196 valence electrons. The summed E-state index contributed by atoms with van der Waals surface area (Å²) in [6.07, 6.45) is -0.970. The standard InChI is InChI=1S/C26H24F4N8/c1-14-19(11-32-36(14)2)18-10-22-15(9-20(18)27)3-5-21(33-22)25-35-34-23-6-4-16(12-38(23)25)24(26(28,29)30)37-8-7-17(31)13-37/h3-6,9-12,17,24H,7-8,13,31H2,1-2H3. The fraction of sp³-hybridized carbons (Fsp3) is 0.308. The van der Waals surface area contributed by atoms with E-state index in [1.165, 1.54) is 33.7 Å². The Kier molecular flexibility index (Phi) is 5.69. The van der Waals surface area contributed by atoms with E-state index in [1.807, 2.05) is 6.92 Å². The number of nitrogens with two attached hydrogens (primary N) is 1. The van der Waals surface area contributed by atoms with Gasteiger partial charge in [0.25, 0.3) is 0 Å². The summed E-state index contributed by atoms with van der Waals surface area (Å²) in [5.41, 5.74) is 9.07. The van der Waals surface area contributed by atoms with Gasteiger partial charge in [-0.05, 0) is 43.2 Å². The van der Waals surface area contributed by atoms with Crippen molar-refractivity contribution in [2.45, 2.75) is 31.6 Å². The molecule has 0 radical (unpaired) electrons. The first kappa shape index (κ1) is 24.4. The maximum Gasteiger partial charge on any atom is 0.408 e. The van der Waals surface area contributed by atoms with E-state index in [-0.39, 0.29) is 30.5 Å². The molecule has 8 nitrogen and oxygen atoms in total. The molecule has 1 saturated heterocycles. The lowest BCUT2D eigenvalue weighted by atomic mass is 10.0. The summed E-state index contributed by atoms with van der Waals surface area (Å²) in [5, 5.41) is 13.1. The van der Waals surface area contributed by atoms with Crippen molar-refractivity contribution in [2.75, 3.05) is 13.1 Å². The summed E-state index contributed by atoms with van der Waals surface area (Å²) >= 11 is 0. The van der Waals surface area contributed by atoms with Crippen LogP contribution in [-0.2, 0) is 7.05 Å². The van der Waals surface area contributed by atoms with Crippen LogP contribution in [0.4, 0.5) is 17.6 Å². The van der Waals surface area contributed by atoms with Gasteiger partial charge in [-0.2, -0.15) is 18.3 Å². The lowest BCUT2D eigenvalue weighted by Gasteiger charge is -2.30. The highest BCUT2D eigenvalue weighted by Gasteiger charge is 2.46. The van der Waals surface area contributed by atoms with E-state index in [0.29, 0.717) is 39.8 Å². The van der Waals surface area contributed by atoms with Gasteiger partial charge in [0.1, 0.15) is 17.6 Å². The van der Waals surface area contributed by atoms with E-state index < -0.39 is 18.0 Å². The molecule has 1 fully saturated rings. The van der Waals surface area contributed by atoms with E-state index in [9.17, 15) is 17.6 Å². The number of rotatable bonds is 4. The van der Waals surface area contributed by atoms with Crippen LogP contribution in [0.5, 0.6) is 0 Å². The van der Waals surface area contributed by atoms with Crippen LogP contribution in [0.2, 0.25) is 0 Å². The number of aromatic nitrogens is 6. The van der Waals surface area contributed by atoms with Crippen LogP contribution in [0.25, 0.3) is 39.2 Å². The number of pyridine rings is 2. The summed E-state index contributed by atoms with van der Waals surface area (Å²) in [6, 6.07) is 7.26. The molecule has 12 heteroatoms. The average molecular weight is 525 g/mol. The number of aryl methyl sites for hydroxylation is 1. The van der Waals surface area contributed by atoms with Crippen LogP contribution in [0, 0.1) is 12.7 Å². The third kappa shape index (κ3) is 4.09. The monoisotopic (exact) mass is 524 g/mol. The normalized spacial score (nSPS) is 17.6. The maximum absolute atomic E-state index is 15.0. The largest absolute Gasteiger partial charge is 0.408 e. The molecule has 2 N–H and O–H groups in total. The van der Waals surface area contributed by atoms with E-state index in [4.69, 9.17) is 5.73 Å². The van der Waals surface area contributed by atoms with Crippen LogP contribution >= 0.6 is 0 Å². The lowest BCUT2D eigenvalue weighted by molar-refractivity contribution is -0.183. The number of hydrogen-bond donors (Lipinski definition) is 1. The third-order valence-electron chi connectivity index (χ3n) is 7.20. The van der Waals surface area contributed by atoms with Gasteiger partial charge in [0.05, 0.1) is 11.7 Å². The molecule has 5 aromatic rings. The van der Waals surface area contributed by atoms with Crippen molar-refractivity contribution in [3.05, 3.63) is 65.9 Å². The summed E-state index contributed by atoms with van der Waals surface area (Å²) < 4.78 is 60.6. The fourth-order valence-electron chi connectivity index (χ4n) is 5.14. The zero-order chi connectivity index (χ0) is 26.8. The molecule has 6 rings (SSSR count). The Morgan fingerprint density at radius 1 is 1.08 bits per heavy atom. The van der Waals surface area contributed by atoms with Crippen molar-refractivity contribution < 1.29 is 17.6 Å². The predicted octanol–water partition coefficient (Wildman–Crippen LogP) is 4.43. The number of benzene rings is 1. The zero-order valence-corrected chi connectivity index (χ0v) is 20.6. The van der Waals surface area contributed by atoms with Gasteiger partial charge in [-0.15, -0.1) is 10.2 Å². The van der Waals surface area contributed by atoms with Gasteiger partial charge in [0, 0.05) is 54.6 Å². The minimum atomic E-state index is -4.49. The average Bonchev–Trinajstić information content (AvgIpc) is 3.57. The maximum atomic E-state index is 15.0. The van der Waals surface area contributed by atoms with Gasteiger partial charge in [0.2, 0.25) is 0 Å². The number of nitrogens with zero attached hydrogens (tertiary/aromatic N) is 7. The minimum absolute atomic E-state index is 0.0670. The Morgan fingerprint density at radius 3 is 2.58 bits per heavy atom. The van der Waals surface area contributed by atoms with Crippen LogP contribution in [-0.4, -0.2) is 59.6 Å². The second-order valence-corrected chi connectivity index (χ2v) is 9.69. The fourth-order valence-corrected chi connectivity index (χ4v) is 5.14. The van der Waals surface area contributed by atoms with Crippen LogP contribution in [0.1, 0.15) is 23.7 Å². The number of hydrogen-bond acceptors (Lipinski definition) is 6. The molecule has 0 saturated carbocycles. The van der Waals surface area contributed by atoms with E-state index in [1.54, 1.807) is 36.1 Å². The van der Waals surface area contributed by atoms with Crippen LogP contribution in [0.3, 0.4) is 0 Å². The molecule has 1 aliphatic heterocycles. The smallest absolute Gasteiger partial charge is 0.326 e. The van der Waals surface area contributed by atoms with Gasteiger partial charge >= 0.3 is 6.18 Å². The SMILES string of the molecule is Cc1c(-c2cc3nc(-c4nnc5ccc(C(N6CCC(N)C6)C(F)(F)F)cn45)ccc3cc2F)cnn1C. The number of alkyl halides is 3. The molecule has 4 aromatic heterocycles. The molecule has 38 heavy (non-hydrogen) atoms. The van der Waals surface area contributed by atoms with Crippen molar-refractivity contribution >= 4 is 16.6 Å². The van der Waals surface area contributed by atoms with Crippen molar-refractivity contribution in [1.82, 2.24) is 34.3 Å². The zero-order valence-electron chi connectivity index (χ0n) is 20.6. The molecule has 0 aliphatic carbocycles. The Morgan fingerprint density at radius 2 is 1.89 bits per heavy atom. The van der Waals surface area contributed by atoms with E-state index >= 15 is 0 Å². The topological polar surface area (TPSA) is 90.2 Å². The molecule has 0 amide bonds. The quantitative estimate of drug-likeness (QED) is 0.350. The Hall–Kier alpha value is -3.90. The van der Waals surface area contributed by atoms with Gasteiger partial charge in [-0.1, -0.05) is 12.1 Å². The van der Waals surface area contributed by atoms with Gasteiger partial charge in [0.15, 0.2) is 11.5 Å². The molecule has 2 unspecified atom stereocenters. The van der Waals surface area contributed by atoms with E-state index in [2.05, 4.69) is 20.3 Å². The molecular weight excluding hydrogens is 500 g/mol. The second kappa shape index (κ2) is 8.84. The lowest BCUT2D eigenvalue weighted by Crippen LogP contribution is -2.38. The summed E-state index contributed by atoms with van der Waals surface area (Å²) in [4.78, 5) is 6.04. The molecule has 1 aliphatic rings. The second-order valence-electron chi connectivity index (χ2n) is 9.69. The van der Waals surface area contributed by atoms with Crippen LogP contribution < -0.4 is 5.73 Å². The molecule has 0 spiro atoms. The summed E-state index contributed by atoms with van der Waals surface area (Å²) in [6.45, 7) is 2.28. The van der Waals surface area contributed by atoms with Crippen molar-refractivity contribution in [3.8, 4) is 22.6 Å². The first-order valence-corrected chi connectivity index (χ1v) is 12.1. The highest BCUT2D eigenvalue weighted by atomic mass is 19.4. The summed E-state index contributed by atoms with van der Waals surface area (Å²) in [5.74, 6) is -0.119. The molecule has 1 aromatic carbocycles. The number of halogens is 4. The molecular formula is C26H24F4N8. The van der Waals surface area contributed by atoms with Gasteiger partial charge in [-0.25, -0.2) is 9.37 Å². The first-order valence-electron chi connectivity index (χ1n) is 12.1. The van der Waals surface area contributed by atoms with Gasteiger partial charge < -0.3 is 5.73 Å². The van der Waals surface area contributed by atoms with E-state index in [0.717, 1.165) is 5.69 Å². The predicted molar refractivity (Wildman–Crippen MR) is 134 cm³/mol. The van der Waals surface area contributed by atoms with Crippen LogP contribution in [0.15, 0.2) is 48.8 Å². The highest BCUT2D eigenvalue weighted by Crippen LogP contribution is 2.39. The highest BCUT2D eigenvalue weighted by molar-refractivity contribution is 5.86. The Labute approximate surface area is 214 Å². The molecule has 5 heterocycles. The Bertz CT molecular complexity index is 1670. The third-order valence-corrected chi connectivity index (χ3v) is 7.20. The number of likely N-dealkylation sites (tertiary alicyclic amines) is 1. The van der Waals surface area contributed by atoms with Crippen molar-refractivity contribution in [3.63, 3.8) is 0 Å².